The van der Waals surface area contributed by atoms with Gasteiger partial charge in [0, 0.05) is 19.6 Å². The van der Waals surface area contributed by atoms with Crippen LogP contribution in [0.25, 0.3) is 0 Å². The minimum atomic E-state index is -0.864. The highest BCUT2D eigenvalue weighted by molar-refractivity contribution is 6.02. The van der Waals surface area contributed by atoms with Crippen LogP contribution in [0.1, 0.15) is 12.5 Å². The second kappa shape index (κ2) is 6.33. The van der Waals surface area contributed by atoms with E-state index in [-0.39, 0.29) is 12.5 Å². The van der Waals surface area contributed by atoms with Crippen molar-refractivity contribution in [3.63, 3.8) is 0 Å². The molecule has 5 nitrogen and oxygen atoms in total. The van der Waals surface area contributed by atoms with Gasteiger partial charge in [0.2, 0.25) is 0 Å². The van der Waals surface area contributed by atoms with E-state index in [4.69, 9.17) is 4.74 Å². The van der Waals surface area contributed by atoms with E-state index in [1.165, 1.54) is 0 Å². The average molecular weight is 262 g/mol. The Balaban J connectivity index is 2.02. The predicted molar refractivity (Wildman–Crippen MR) is 70.3 cm³/mol. The lowest BCUT2D eigenvalue weighted by Gasteiger charge is -2.32. The molecule has 1 aliphatic rings. The maximum Gasteiger partial charge on any atom is 0.332 e. The molecule has 0 unspecified atom stereocenters. The third kappa shape index (κ3) is 3.32. The van der Waals surface area contributed by atoms with Crippen molar-refractivity contribution in [1.29, 1.82) is 0 Å². The topological polar surface area (TPSA) is 58.6 Å². The van der Waals surface area contributed by atoms with Crippen LogP contribution < -0.4 is 5.32 Å². The summed E-state index contributed by atoms with van der Waals surface area (Å²) in [7, 11) is 0. The number of benzene rings is 1. The van der Waals surface area contributed by atoms with E-state index in [9.17, 15) is 9.59 Å². The Morgan fingerprint density at radius 2 is 2.16 bits per heavy atom. The molecule has 19 heavy (non-hydrogen) atoms. The van der Waals surface area contributed by atoms with Gasteiger partial charge in [-0.1, -0.05) is 30.3 Å². The van der Waals surface area contributed by atoms with Crippen molar-refractivity contribution in [2.45, 2.75) is 19.5 Å². The monoisotopic (exact) mass is 262 g/mol. The second-order valence-electron chi connectivity index (χ2n) is 4.38. The number of amides is 1. The third-order valence-electron chi connectivity index (χ3n) is 3.03. The summed E-state index contributed by atoms with van der Waals surface area (Å²) in [4.78, 5) is 25.6. The van der Waals surface area contributed by atoms with Gasteiger partial charge in [0.15, 0.2) is 6.04 Å². The van der Waals surface area contributed by atoms with Crippen LogP contribution in [-0.2, 0) is 20.9 Å². The number of ether oxygens (including phenoxy) is 1. The summed E-state index contributed by atoms with van der Waals surface area (Å²) in [5.41, 5.74) is 1.06. The van der Waals surface area contributed by atoms with Crippen LogP contribution in [0, 0.1) is 0 Å². The molecule has 0 aliphatic carbocycles. The lowest BCUT2D eigenvalue weighted by molar-refractivity contribution is -0.154. The average Bonchev–Trinajstić information content (AvgIpc) is 2.42. The number of nitrogens with one attached hydrogen (secondary N) is 1. The highest BCUT2D eigenvalue weighted by Gasteiger charge is 2.34. The molecular formula is C14H18N2O3. The summed E-state index contributed by atoms with van der Waals surface area (Å²) >= 11 is 0. The highest BCUT2D eigenvalue weighted by Crippen LogP contribution is 2.09. The van der Waals surface area contributed by atoms with E-state index in [1.54, 1.807) is 11.8 Å². The van der Waals surface area contributed by atoms with E-state index in [0.717, 1.165) is 5.56 Å². The van der Waals surface area contributed by atoms with Gasteiger partial charge in [-0.2, -0.15) is 0 Å². The fourth-order valence-corrected chi connectivity index (χ4v) is 2.09. The Morgan fingerprint density at radius 3 is 2.84 bits per heavy atom. The van der Waals surface area contributed by atoms with E-state index in [2.05, 4.69) is 5.32 Å². The number of esters is 1. The summed E-state index contributed by atoms with van der Waals surface area (Å²) in [5, 5.41) is 2.90. The van der Waals surface area contributed by atoms with Crippen molar-refractivity contribution >= 4 is 11.9 Å². The number of hydrogen-bond donors (Lipinski definition) is 1. The molecule has 0 aromatic heterocycles. The number of hydrogen-bond acceptors (Lipinski definition) is 4. The Hall–Kier alpha value is -1.88. The molecular weight excluding hydrogens is 244 g/mol. The molecule has 1 fully saturated rings. The summed E-state index contributed by atoms with van der Waals surface area (Å²) in [6, 6.07) is 8.88. The first kappa shape index (κ1) is 13.5. The van der Waals surface area contributed by atoms with Crippen molar-refractivity contribution in [3.05, 3.63) is 35.9 Å². The molecule has 1 aromatic carbocycles. The molecule has 1 saturated heterocycles. The molecule has 0 bridgehead atoms. The Morgan fingerprint density at radius 1 is 1.42 bits per heavy atom. The Bertz CT molecular complexity index is 447. The normalized spacial score (nSPS) is 19.3. The van der Waals surface area contributed by atoms with Gasteiger partial charge in [0.1, 0.15) is 0 Å². The van der Waals surface area contributed by atoms with Crippen molar-refractivity contribution in [1.82, 2.24) is 10.2 Å². The number of piperazine rings is 1. The van der Waals surface area contributed by atoms with Crippen molar-refractivity contribution in [2.75, 3.05) is 19.7 Å². The van der Waals surface area contributed by atoms with Crippen molar-refractivity contribution < 1.29 is 14.3 Å². The van der Waals surface area contributed by atoms with Gasteiger partial charge in [-0.25, -0.2) is 4.79 Å². The largest absolute Gasteiger partial charge is 0.464 e. The SMILES string of the molecule is CCOC(=O)[C@H]1NCCN(Cc2ccccc2)C1=O. The first-order valence-electron chi connectivity index (χ1n) is 6.45. The zero-order chi connectivity index (χ0) is 13.7. The molecule has 1 atom stereocenters. The van der Waals surface area contributed by atoms with E-state index >= 15 is 0 Å². The minimum Gasteiger partial charge on any atom is -0.464 e. The summed E-state index contributed by atoms with van der Waals surface area (Å²) in [6.45, 7) is 3.73. The van der Waals surface area contributed by atoms with Crippen LogP contribution in [0.5, 0.6) is 0 Å². The van der Waals surface area contributed by atoms with Gasteiger partial charge in [-0.05, 0) is 12.5 Å². The predicted octanol–water partition coefficient (Wildman–Crippen LogP) is 0.550. The smallest absolute Gasteiger partial charge is 0.332 e. The van der Waals surface area contributed by atoms with E-state index < -0.39 is 12.0 Å². The van der Waals surface area contributed by atoms with Gasteiger partial charge in [-0.3, -0.25) is 10.1 Å². The second-order valence-corrected chi connectivity index (χ2v) is 4.38. The first-order valence-corrected chi connectivity index (χ1v) is 6.45. The minimum absolute atomic E-state index is 0.214. The third-order valence-corrected chi connectivity index (χ3v) is 3.03. The number of carbonyl (C=O) groups is 2. The number of carbonyl (C=O) groups excluding carboxylic acids is 2. The van der Waals surface area contributed by atoms with Gasteiger partial charge in [0.25, 0.3) is 5.91 Å². The molecule has 102 valence electrons. The zero-order valence-corrected chi connectivity index (χ0v) is 11.0. The summed E-state index contributed by atoms with van der Waals surface area (Å²) in [6.07, 6.45) is 0. The van der Waals surface area contributed by atoms with Gasteiger partial charge < -0.3 is 9.64 Å². The fourth-order valence-electron chi connectivity index (χ4n) is 2.09. The lowest BCUT2D eigenvalue weighted by Crippen LogP contribution is -2.58. The van der Waals surface area contributed by atoms with E-state index in [1.807, 2.05) is 30.3 Å². The molecule has 1 aliphatic heterocycles. The maximum atomic E-state index is 12.2. The van der Waals surface area contributed by atoms with Crippen LogP contribution in [0.4, 0.5) is 0 Å². The molecule has 1 amide bonds. The summed E-state index contributed by atoms with van der Waals surface area (Å²) < 4.78 is 4.90. The molecule has 5 heteroatoms. The Kier molecular flexibility index (Phi) is 4.52. The van der Waals surface area contributed by atoms with Crippen LogP contribution in [0.15, 0.2) is 30.3 Å². The fraction of sp³-hybridized carbons (Fsp3) is 0.429. The highest BCUT2D eigenvalue weighted by atomic mass is 16.5. The van der Waals surface area contributed by atoms with Gasteiger partial charge in [-0.15, -0.1) is 0 Å². The number of rotatable bonds is 4. The molecule has 1 N–H and O–H groups in total. The molecule has 0 radical (unpaired) electrons. The van der Waals surface area contributed by atoms with Crippen LogP contribution in [-0.4, -0.2) is 42.5 Å². The van der Waals surface area contributed by atoms with Crippen LogP contribution >= 0.6 is 0 Å². The van der Waals surface area contributed by atoms with Crippen molar-refractivity contribution in [2.24, 2.45) is 0 Å². The van der Waals surface area contributed by atoms with Gasteiger partial charge in [0.05, 0.1) is 6.61 Å². The van der Waals surface area contributed by atoms with Gasteiger partial charge >= 0.3 is 5.97 Å². The standard InChI is InChI=1S/C14H18N2O3/c1-2-19-14(18)12-13(17)16(9-8-15-12)10-11-6-4-3-5-7-11/h3-7,12,15H,2,8-10H2,1H3/t12-/m0/s1. The molecule has 0 spiro atoms. The first-order chi connectivity index (χ1) is 9.22. The van der Waals surface area contributed by atoms with Crippen molar-refractivity contribution in [3.8, 4) is 0 Å². The summed E-state index contributed by atoms with van der Waals surface area (Å²) in [5.74, 6) is -0.709. The quantitative estimate of drug-likeness (QED) is 0.636. The van der Waals surface area contributed by atoms with E-state index in [0.29, 0.717) is 19.6 Å². The zero-order valence-electron chi connectivity index (χ0n) is 11.0. The van der Waals surface area contributed by atoms with Crippen LogP contribution in [0.3, 0.4) is 0 Å². The molecule has 1 heterocycles. The number of nitrogens with zero attached hydrogens (tertiary/aromatic N) is 1. The molecule has 2 rings (SSSR count). The molecule has 0 saturated carbocycles. The lowest BCUT2D eigenvalue weighted by atomic mass is 10.1. The maximum absolute atomic E-state index is 12.2. The molecule has 1 aromatic rings. The Labute approximate surface area is 112 Å². The van der Waals surface area contributed by atoms with Crippen LogP contribution in [0.2, 0.25) is 0 Å².